The molecule has 0 aliphatic heterocycles. The van der Waals surface area contributed by atoms with Gasteiger partial charge in [-0.05, 0) is 13.8 Å². The van der Waals surface area contributed by atoms with E-state index >= 15 is 0 Å². The second-order valence-electron chi connectivity index (χ2n) is 4.49. The maximum absolute atomic E-state index is 12.0. The number of aryl methyl sites for hydroxylation is 2. The van der Waals surface area contributed by atoms with Crippen LogP contribution in [-0.4, -0.2) is 32.7 Å². The molecule has 0 fully saturated rings. The Balaban J connectivity index is 2.04. The van der Waals surface area contributed by atoms with E-state index in [1.54, 1.807) is 11.7 Å². The average Bonchev–Trinajstić information content (AvgIpc) is 2.70. The van der Waals surface area contributed by atoms with Crippen LogP contribution in [0.3, 0.4) is 0 Å². The first-order chi connectivity index (χ1) is 9.52. The summed E-state index contributed by atoms with van der Waals surface area (Å²) in [5.74, 6) is 0.378. The number of aromatic nitrogens is 4. The summed E-state index contributed by atoms with van der Waals surface area (Å²) >= 11 is 0. The van der Waals surface area contributed by atoms with Gasteiger partial charge < -0.3 is 10.6 Å². The summed E-state index contributed by atoms with van der Waals surface area (Å²) in [6.45, 7) is 4.33. The van der Waals surface area contributed by atoms with Gasteiger partial charge in [-0.1, -0.05) is 0 Å². The molecule has 1 amide bonds. The number of nitrogens with zero attached hydrogens (tertiary/aromatic N) is 4. The fourth-order valence-corrected chi connectivity index (χ4v) is 1.91. The molecule has 106 valence electrons. The largest absolute Gasteiger partial charge is 0.372 e. The third kappa shape index (κ3) is 2.76. The van der Waals surface area contributed by atoms with Crippen LogP contribution in [0.15, 0.2) is 12.4 Å². The van der Waals surface area contributed by atoms with Crippen LogP contribution in [0.25, 0.3) is 0 Å². The first-order valence-electron chi connectivity index (χ1n) is 6.30. The number of anilines is 1. The van der Waals surface area contributed by atoms with Gasteiger partial charge in [-0.3, -0.25) is 9.48 Å². The monoisotopic (exact) mass is 274 g/mol. The number of carbonyl (C=O) groups excluding carboxylic acids is 1. The number of amides is 1. The molecule has 7 heteroatoms. The molecule has 0 saturated carbocycles. The minimum absolute atomic E-state index is 0.247. The first-order valence-corrected chi connectivity index (χ1v) is 6.30. The van der Waals surface area contributed by atoms with E-state index in [1.807, 2.05) is 20.9 Å². The van der Waals surface area contributed by atoms with Gasteiger partial charge in [0.2, 0.25) is 0 Å². The van der Waals surface area contributed by atoms with Crippen molar-refractivity contribution in [3.63, 3.8) is 0 Å². The molecule has 0 bridgehead atoms. The maximum atomic E-state index is 12.0. The van der Waals surface area contributed by atoms with Gasteiger partial charge in [0, 0.05) is 31.9 Å². The molecule has 20 heavy (non-hydrogen) atoms. The van der Waals surface area contributed by atoms with Crippen LogP contribution < -0.4 is 10.6 Å². The Labute approximate surface area is 117 Å². The van der Waals surface area contributed by atoms with E-state index < -0.39 is 0 Å². The molecule has 2 aromatic rings. The van der Waals surface area contributed by atoms with Crippen molar-refractivity contribution in [2.24, 2.45) is 7.05 Å². The Bertz CT molecular complexity index is 617. The van der Waals surface area contributed by atoms with E-state index in [-0.39, 0.29) is 5.91 Å². The lowest BCUT2D eigenvalue weighted by atomic mass is 10.2. The first kappa shape index (κ1) is 14.0. The number of hydrogen-bond donors (Lipinski definition) is 2. The lowest BCUT2D eigenvalue weighted by Gasteiger charge is -2.06. The van der Waals surface area contributed by atoms with Crippen LogP contribution in [0.5, 0.6) is 0 Å². The molecule has 0 aliphatic rings. The van der Waals surface area contributed by atoms with E-state index in [9.17, 15) is 4.79 Å². The Morgan fingerprint density at radius 3 is 2.55 bits per heavy atom. The normalized spacial score (nSPS) is 10.4. The minimum Gasteiger partial charge on any atom is -0.372 e. The Morgan fingerprint density at radius 1 is 1.30 bits per heavy atom. The van der Waals surface area contributed by atoms with Gasteiger partial charge in [0.15, 0.2) is 0 Å². The third-order valence-electron chi connectivity index (χ3n) is 3.23. The zero-order valence-electron chi connectivity index (χ0n) is 12.1. The Kier molecular flexibility index (Phi) is 3.97. The molecule has 2 aromatic heterocycles. The number of hydrogen-bond acceptors (Lipinski definition) is 5. The number of nitrogens with one attached hydrogen (secondary N) is 2. The third-order valence-corrected chi connectivity index (χ3v) is 3.23. The van der Waals surface area contributed by atoms with Gasteiger partial charge in [-0.2, -0.15) is 5.10 Å². The standard InChI is InChI=1S/C13H18N6O/c1-8-10(9(2)19(4)18-8)5-17-13(20)11-6-16-12(14-3)7-15-11/h6-7H,5H2,1-4H3,(H,14,16)(H,17,20). The second-order valence-corrected chi connectivity index (χ2v) is 4.49. The predicted molar refractivity (Wildman–Crippen MR) is 75.4 cm³/mol. The van der Waals surface area contributed by atoms with Crippen LogP contribution in [0.2, 0.25) is 0 Å². The van der Waals surface area contributed by atoms with Crippen molar-refractivity contribution >= 4 is 11.7 Å². The zero-order valence-corrected chi connectivity index (χ0v) is 12.1. The lowest BCUT2D eigenvalue weighted by Crippen LogP contribution is -2.24. The Hall–Kier alpha value is -2.44. The van der Waals surface area contributed by atoms with Gasteiger partial charge in [-0.25, -0.2) is 9.97 Å². The number of rotatable bonds is 4. The van der Waals surface area contributed by atoms with Gasteiger partial charge in [0.1, 0.15) is 11.5 Å². The van der Waals surface area contributed by atoms with Crippen LogP contribution in [0.1, 0.15) is 27.4 Å². The van der Waals surface area contributed by atoms with Crippen molar-refractivity contribution in [3.05, 3.63) is 35.0 Å². The minimum atomic E-state index is -0.247. The van der Waals surface area contributed by atoms with Crippen LogP contribution in [-0.2, 0) is 13.6 Å². The summed E-state index contributed by atoms with van der Waals surface area (Å²) in [4.78, 5) is 20.1. The molecular weight excluding hydrogens is 256 g/mol. The highest BCUT2D eigenvalue weighted by Crippen LogP contribution is 2.11. The van der Waals surface area contributed by atoms with Crippen LogP contribution >= 0.6 is 0 Å². The molecule has 0 aromatic carbocycles. The summed E-state index contributed by atoms with van der Waals surface area (Å²) in [5.41, 5.74) is 3.28. The molecule has 7 nitrogen and oxygen atoms in total. The van der Waals surface area contributed by atoms with E-state index in [2.05, 4.69) is 25.7 Å². The highest BCUT2D eigenvalue weighted by atomic mass is 16.1. The zero-order chi connectivity index (χ0) is 14.7. The molecule has 0 spiro atoms. The molecule has 0 aliphatic carbocycles. The second kappa shape index (κ2) is 5.68. The van der Waals surface area contributed by atoms with Crippen LogP contribution in [0, 0.1) is 13.8 Å². The van der Waals surface area contributed by atoms with Crippen molar-refractivity contribution in [2.75, 3.05) is 12.4 Å². The highest BCUT2D eigenvalue weighted by molar-refractivity contribution is 5.91. The van der Waals surface area contributed by atoms with Crippen molar-refractivity contribution in [1.29, 1.82) is 0 Å². The van der Waals surface area contributed by atoms with Gasteiger partial charge in [-0.15, -0.1) is 0 Å². The van der Waals surface area contributed by atoms with Crippen molar-refractivity contribution in [2.45, 2.75) is 20.4 Å². The summed E-state index contributed by atoms with van der Waals surface area (Å²) in [5, 5.41) is 10.00. The van der Waals surface area contributed by atoms with Crippen molar-refractivity contribution in [1.82, 2.24) is 25.1 Å². The highest BCUT2D eigenvalue weighted by Gasteiger charge is 2.12. The average molecular weight is 274 g/mol. The van der Waals surface area contributed by atoms with E-state index in [0.717, 1.165) is 17.0 Å². The summed E-state index contributed by atoms with van der Waals surface area (Å²) < 4.78 is 1.80. The fraction of sp³-hybridized carbons (Fsp3) is 0.385. The fourth-order valence-electron chi connectivity index (χ4n) is 1.91. The molecule has 2 heterocycles. The molecule has 0 unspecified atom stereocenters. The topological polar surface area (TPSA) is 84.7 Å². The van der Waals surface area contributed by atoms with Gasteiger partial charge >= 0.3 is 0 Å². The van der Waals surface area contributed by atoms with E-state index in [0.29, 0.717) is 18.1 Å². The predicted octanol–water partition coefficient (Wildman–Crippen LogP) is 0.799. The summed E-state index contributed by atoms with van der Waals surface area (Å²) in [7, 11) is 3.63. The summed E-state index contributed by atoms with van der Waals surface area (Å²) in [6.07, 6.45) is 2.97. The van der Waals surface area contributed by atoms with Gasteiger partial charge in [0.25, 0.3) is 5.91 Å². The molecule has 0 saturated heterocycles. The van der Waals surface area contributed by atoms with Crippen molar-refractivity contribution < 1.29 is 4.79 Å². The lowest BCUT2D eigenvalue weighted by molar-refractivity contribution is 0.0945. The van der Waals surface area contributed by atoms with E-state index in [4.69, 9.17) is 0 Å². The van der Waals surface area contributed by atoms with Crippen molar-refractivity contribution in [3.8, 4) is 0 Å². The maximum Gasteiger partial charge on any atom is 0.271 e. The van der Waals surface area contributed by atoms with E-state index in [1.165, 1.54) is 12.4 Å². The van der Waals surface area contributed by atoms with Crippen LogP contribution in [0.4, 0.5) is 5.82 Å². The quantitative estimate of drug-likeness (QED) is 0.861. The molecule has 2 rings (SSSR count). The molecule has 0 atom stereocenters. The molecular formula is C13H18N6O. The number of carbonyl (C=O) groups is 1. The Morgan fingerprint density at radius 2 is 2.05 bits per heavy atom. The van der Waals surface area contributed by atoms with Gasteiger partial charge in [0.05, 0.1) is 18.1 Å². The molecule has 0 radical (unpaired) electrons. The smallest absolute Gasteiger partial charge is 0.271 e. The SMILES string of the molecule is CNc1cnc(C(=O)NCc2c(C)nn(C)c2C)cn1. The summed E-state index contributed by atoms with van der Waals surface area (Å²) in [6, 6.07) is 0. The molecule has 2 N–H and O–H groups in total.